The van der Waals surface area contributed by atoms with E-state index in [2.05, 4.69) is 29.2 Å². The molecule has 0 radical (unpaired) electrons. The van der Waals surface area contributed by atoms with Crippen LogP contribution in [0.15, 0.2) is 10.6 Å². The fourth-order valence-electron chi connectivity index (χ4n) is 3.00. The Morgan fingerprint density at radius 1 is 1.42 bits per heavy atom. The predicted molar refractivity (Wildman–Crippen MR) is 91.7 cm³/mol. The summed E-state index contributed by atoms with van der Waals surface area (Å²) >= 11 is 0. The minimum atomic E-state index is -0.0855. The number of nitrogens with one attached hydrogen (secondary N) is 1. The molecule has 1 unspecified atom stereocenters. The first-order valence-electron chi connectivity index (χ1n) is 8.68. The number of urea groups is 1. The summed E-state index contributed by atoms with van der Waals surface area (Å²) < 4.78 is 10.5. The number of hydrogen-bond donors (Lipinski definition) is 1. The Morgan fingerprint density at radius 2 is 2.12 bits per heavy atom. The highest BCUT2D eigenvalue weighted by atomic mass is 16.5. The van der Waals surface area contributed by atoms with Crippen LogP contribution in [0.25, 0.3) is 0 Å². The standard InChI is InChI=1S/C17H30N4O3/c1-13(2)9-16(21-5-7-23-8-6-21)11-18-17(22)20(4)12-15-10-14(3)24-19-15/h10,13,16H,5-9,11-12H2,1-4H3,(H,18,22). The van der Waals surface area contributed by atoms with Crippen molar-refractivity contribution in [2.45, 2.75) is 39.8 Å². The molecule has 1 aliphatic rings. The monoisotopic (exact) mass is 338 g/mol. The molecule has 1 aromatic rings. The van der Waals surface area contributed by atoms with Gasteiger partial charge in [0.2, 0.25) is 0 Å². The normalized spacial score (nSPS) is 17.0. The lowest BCUT2D eigenvalue weighted by Crippen LogP contribution is -2.50. The van der Waals surface area contributed by atoms with Gasteiger partial charge in [-0.2, -0.15) is 0 Å². The first-order valence-corrected chi connectivity index (χ1v) is 8.68. The summed E-state index contributed by atoms with van der Waals surface area (Å²) in [6.07, 6.45) is 1.06. The van der Waals surface area contributed by atoms with Crippen molar-refractivity contribution in [1.82, 2.24) is 20.3 Å². The lowest BCUT2D eigenvalue weighted by molar-refractivity contribution is 0.0127. The quantitative estimate of drug-likeness (QED) is 0.822. The van der Waals surface area contributed by atoms with Crippen LogP contribution in [-0.4, -0.2) is 66.9 Å². The van der Waals surface area contributed by atoms with E-state index in [1.807, 2.05) is 13.0 Å². The van der Waals surface area contributed by atoms with Crippen LogP contribution < -0.4 is 5.32 Å². The molecule has 7 heteroatoms. The van der Waals surface area contributed by atoms with Crippen LogP contribution in [-0.2, 0) is 11.3 Å². The molecule has 1 N–H and O–H groups in total. The van der Waals surface area contributed by atoms with Gasteiger partial charge in [0.25, 0.3) is 0 Å². The number of aromatic nitrogens is 1. The van der Waals surface area contributed by atoms with Gasteiger partial charge in [-0.25, -0.2) is 4.79 Å². The Hall–Kier alpha value is -1.60. The first kappa shape index (κ1) is 18.7. The summed E-state index contributed by atoms with van der Waals surface area (Å²) in [5.74, 6) is 1.34. The summed E-state index contributed by atoms with van der Waals surface area (Å²) in [4.78, 5) is 16.4. The molecule has 0 spiro atoms. The highest BCUT2D eigenvalue weighted by molar-refractivity contribution is 5.73. The summed E-state index contributed by atoms with van der Waals surface area (Å²) in [6, 6.07) is 2.11. The second kappa shape index (κ2) is 9.03. The maximum Gasteiger partial charge on any atom is 0.317 e. The number of carbonyl (C=O) groups excluding carboxylic acids is 1. The SMILES string of the molecule is Cc1cc(CN(C)C(=O)NCC(CC(C)C)N2CCOCC2)no1. The van der Waals surface area contributed by atoms with Crippen LogP contribution in [0.5, 0.6) is 0 Å². The number of ether oxygens (including phenoxy) is 1. The molecule has 0 saturated carbocycles. The number of carbonyl (C=O) groups is 1. The van der Waals surface area contributed by atoms with E-state index in [4.69, 9.17) is 9.26 Å². The molecule has 136 valence electrons. The third-order valence-corrected chi connectivity index (χ3v) is 4.22. The summed E-state index contributed by atoms with van der Waals surface area (Å²) in [7, 11) is 1.77. The van der Waals surface area contributed by atoms with E-state index in [0.717, 1.165) is 44.2 Å². The molecule has 1 saturated heterocycles. The van der Waals surface area contributed by atoms with Crippen molar-refractivity contribution in [1.29, 1.82) is 0 Å². The molecule has 2 amide bonds. The van der Waals surface area contributed by atoms with Crippen LogP contribution in [0.1, 0.15) is 31.7 Å². The zero-order valence-electron chi connectivity index (χ0n) is 15.2. The van der Waals surface area contributed by atoms with Crippen molar-refractivity contribution in [3.63, 3.8) is 0 Å². The highest BCUT2D eigenvalue weighted by Crippen LogP contribution is 2.13. The number of nitrogens with zero attached hydrogens (tertiary/aromatic N) is 3. The molecule has 1 atom stereocenters. The number of rotatable bonds is 7. The number of aryl methyl sites for hydroxylation is 1. The smallest absolute Gasteiger partial charge is 0.317 e. The summed E-state index contributed by atoms with van der Waals surface area (Å²) in [5, 5.41) is 6.99. The van der Waals surface area contributed by atoms with Crippen LogP contribution in [0.3, 0.4) is 0 Å². The van der Waals surface area contributed by atoms with E-state index in [1.165, 1.54) is 0 Å². The predicted octanol–water partition coefficient (Wildman–Crippen LogP) is 1.87. The van der Waals surface area contributed by atoms with E-state index >= 15 is 0 Å². The fourth-order valence-corrected chi connectivity index (χ4v) is 3.00. The summed E-state index contributed by atoms with van der Waals surface area (Å²) in [5.41, 5.74) is 0.761. The number of morpholine rings is 1. The molecular formula is C17H30N4O3. The molecule has 0 bridgehead atoms. The summed E-state index contributed by atoms with van der Waals surface area (Å²) in [6.45, 7) is 10.8. The van der Waals surface area contributed by atoms with Gasteiger partial charge in [-0.15, -0.1) is 0 Å². The molecular weight excluding hydrogens is 308 g/mol. The lowest BCUT2D eigenvalue weighted by atomic mass is 10.0. The molecule has 1 aromatic heterocycles. The maximum absolute atomic E-state index is 12.3. The van der Waals surface area contributed by atoms with Crippen molar-refractivity contribution in [2.24, 2.45) is 5.92 Å². The van der Waals surface area contributed by atoms with Crippen LogP contribution in [0, 0.1) is 12.8 Å². The molecule has 0 aromatic carbocycles. The number of amides is 2. The third kappa shape index (κ3) is 5.79. The van der Waals surface area contributed by atoms with Gasteiger partial charge in [0.1, 0.15) is 11.5 Å². The van der Waals surface area contributed by atoms with Gasteiger partial charge < -0.3 is 19.5 Å². The minimum Gasteiger partial charge on any atom is -0.379 e. The molecule has 0 aliphatic carbocycles. The van der Waals surface area contributed by atoms with Gasteiger partial charge in [-0.1, -0.05) is 19.0 Å². The van der Waals surface area contributed by atoms with Gasteiger partial charge in [0, 0.05) is 38.8 Å². The highest BCUT2D eigenvalue weighted by Gasteiger charge is 2.23. The van der Waals surface area contributed by atoms with E-state index in [0.29, 0.717) is 25.0 Å². The largest absolute Gasteiger partial charge is 0.379 e. The Kier molecular flexibility index (Phi) is 7.05. The minimum absolute atomic E-state index is 0.0855. The Balaban J connectivity index is 1.83. The van der Waals surface area contributed by atoms with E-state index in [1.54, 1.807) is 11.9 Å². The van der Waals surface area contributed by atoms with Crippen LogP contribution in [0.4, 0.5) is 4.79 Å². The Labute approximate surface area is 144 Å². The van der Waals surface area contributed by atoms with Crippen molar-refractivity contribution in [3.8, 4) is 0 Å². The van der Waals surface area contributed by atoms with E-state index in [-0.39, 0.29) is 6.03 Å². The van der Waals surface area contributed by atoms with Crippen molar-refractivity contribution in [3.05, 3.63) is 17.5 Å². The van der Waals surface area contributed by atoms with Crippen LogP contribution >= 0.6 is 0 Å². The molecule has 1 fully saturated rings. The van der Waals surface area contributed by atoms with Crippen molar-refractivity contribution in [2.75, 3.05) is 39.9 Å². The van der Waals surface area contributed by atoms with E-state index < -0.39 is 0 Å². The van der Waals surface area contributed by atoms with Gasteiger partial charge in [0.05, 0.1) is 19.8 Å². The second-order valence-corrected chi connectivity index (χ2v) is 6.90. The second-order valence-electron chi connectivity index (χ2n) is 6.90. The zero-order chi connectivity index (χ0) is 17.5. The van der Waals surface area contributed by atoms with Gasteiger partial charge in [-0.3, -0.25) is 4.90 Å². The van der Waals surface area contributed by atoms with Crippen molar-refractivity contribution < 1.29 is 14.1 Å². The molecule has 2 rings (SSSR count). The topological polar surface area (TPSA) is 70.8 Å². The van der Waals surface area contributed by atoms with Gasteiger partial charge in [0.15, 0.2) is 0 Å². The molecule has 7 nitrogen and oxygen atoms in total. The zero-order valence-corrected chi connectivity index (χ0v) is 15.2. The Bertz CT molecular complexity index is 512. The third-order valence-electron chi connectivity index (χ3n) is 4.22. The molecule has 1 aliphatic heterocycles. The Morgan fingerprint density at radius 3 is 2.71 bits per heavy atom. The maximum atomic E-state index is 12.3. The molecule has 2 heterocycles. The van der Waals surface area contributed by atoms with Crippen LogP contribution in [0.2, 0.25) is 0 Å². The molecule has 24 heavy (non-hydrogen) atoms. The lowest BCUT2D eigenvalue weighted by Gasteiger charge is -2.35. The first-order chi connectivity index (χ1) is 11.5. The average molecular weight is 338 g/mol. The average Bonchev–Trinajstić information content (AvgIpc) is 2.96. The van der Waals surface area contributed by atoms with E-state index in [9.17, 15) is 4.79 Å². The van der Waals surface area contributed by atoms with Gasteiger partial charge in [-0.05, 0) is 19.3 Å². The fraction of sp³-hybridized carbons (Fsp3) is 0.765. The number of hydrogen-bond acceptors (Lipinski definition) is 5. The van der Waals surface area contributed by atoms with Gasteiger partial charge >= 0.3 is 6.03 Å². The van der Waals surface area contributed by atoms with Crippen molar-refractivity contribution >= 4 is 6.03 Å².